The molecular formula is C68H30N12. The Bertz CT molecular complexity index is 4460. The number of pyridine rings is 1. The topological polar surface area (TPSA) is 237 Å². The van der Waals surface area contributed by atoms with Gasteiger partial charge in [0.05, 0.1) is 151 Å². The summed E-state index contributed by atoms with van der Waals surface area (Å²) in [6.07, 6.45) is 3.53. The molecule has 0 atom stereocenters. The molecule has 362 valence electrons. The molecule has 0 aliphatic rings. The molecule has 80 heavy (non-hydrogen) atoms. The normalized spacial score (nSPS) is 10.6. The second-order valence-electron chi connectivity index (χ2n) is 18.9. The molecule has 0 aliphatic heterocycles. The van der Waals surface area contributed by atoms with E-state index in [1.165, 1.54) is 0 Å². The van der Waals surface area contributed by atoms with Crippen molar-refractivity contribution in [3.63, 3.8) is 0 Å². The summed E-state index contributed by atoms with van der Waals surface area (Å²) in [6, 6.07) is 71.0. The monoisotopic (exact) mass is 1010 g/mol. The minimum absolute atomic E-state index is 0.321. The predicted molar refractivity (Wildman–Crippen MR) is 303 cm³/mol. The Morgan fingerprint density at radius 1 is 0.250 bits per heavy atom. The van der Waals surface area contributed by atoms with E-state index < -0.39 is 0 Å². The predicted octanol–water partition coefficient (Wildman–Crippen LogP) is 14.5. The molecule has 0 fully saturated rings. The maximum absolute atomic E-state index is 10.5. The van der Waals surface area contributed by atoms with Gasteiger partial charge in [-0.2, -0.15) is 47.4 Å². The maximum atomic E-state index is 10.5. The number of nitrogens with zero attached hydrogens (tertiary/aromatic N) is 12. The summed E-state index contributed by atoms with van der Waals surface area (Å²) in [5.74, 6) is 0. The fraction of sp³-hybridized carbons (Fsp3) is 0. The summed E-state index contributed by atoms with van der Waals surface area (Å²) in [5.41, 5.74) is 13.8. The SMILES string of the molecule is N#Cc1cc(C#N)cc(-c2ccc3c4ccc(-c5cc(C#N)cc(C#N)c5)cc4n(-c4cncc(-n5c6cc(-c7cc(C#N)cc(C#N)c7)ccc6c6ccc(-c7cc(C#N)cc(C#N)c7)cc65)c4-c4cccc(C#N)c4)c3c2)c1. The van der Waals surface area contributed by atoms with Gasteiger partial charge in [0.1, 0.15) is 0 Å². The van der Waals surface area contributed by atoms with Crippen molar-refractivity contribution in [2.45, 2.75) is 0 Å². The molecule has 0 aliphatic carbocycles. The van der Waals surface area contributed by atoms with E-state index >= 15 is 0 Å². The molecule has 0 unspecified atom stereocenters. The molecule has 0 radical (unpaired) electrons. The molecule has 12 nitrogen and oxygen atoms in total. The highest BCUT2D eigenvalue weighted by atomic mass is 15.0. The van der Waals surface area contributed by atoms with Gasteiger partial charge in [-0.25, -0.2) is 0 Å². The minimum Gasteiger partial charge on any atom is -0.307 e. The first-order valence-electron chi connectivity index (χ1n) is 24.6. The second-order valence-corrected chi connectivity index (χ2v) is 18.9. The van der Waals surface area contributed by atoms with E-state index in [0.29, 0.717) is 94.8 Å². The molecular weight excluding hydrogens is 985 g/mol. The Kier molecular flexibility index (Phi) is 11.7. The van der Waals surface area contributed by atoms with Crippen LogP contribution in [0, 0.1) is 102 Å². The number of fused-ring (bicyclic) bond motifs is 6. The maximum Gasteiger partial charge on any atom is 0.0992 e. The summed E-state index contributed by atoms with van der Waals surface area (Å²) >= 11 is 0. The Labute approximate surface area is 456 Å². The first-order valence-corrected chi connectivity index (χ1v) is 24.6. The molecule has 0 amide bonds. The van der Waals surface area contributed by atoms with Crippen LogP contribution in [0.5, 0.6) is 0 Å². The second kappa shape index (κ2) is 19.4. The molecule has 12 heteroatoms. The summed E-state index contributed by atoms with van der Waals surface area (Å²) in [6.45, 7) is 0. The largest absolute Gasteiger partial charge is 0.307 e. The van der Waals surface area contributed by atoms with Crippen LogP contribution < -0.4 is 0 Å². The molecule has 3 aromatic heterocycles. The van der Waals surface area contributed by atoms with Crippen LogP contribution >= 0.6 is 0 Å². The Morgan fingerprint density at radius 2 is 0.512 bits per heavy atom. The third-order valence-electron chi connectivity index (χ3n) is 14.3. The average molecular weight is 1020 g/mol. The highest BCUT2D eigenvalue weighted by molar-refractivity contribution is 6.14. The van der Waals surface area contributed by atoms with Gasteiger partial charge in [-0.15, -0.1) is 0 Å². The lowest BCUT2D eigenvalue weighted by Crippen LogP contribution is -2.05. The van der Waals surface area contributed by atoms with E-state index in [4.69, 9.17) is 4.98 Å². The Balaban J connectivity index is 1.24. The zero-order valence-electron chi connectivity index (χ0n) is 41.7. The first-order chi connectivity index (χ1) is 39.2. The number of nitriles is 9. The van der Waals surface area contributed by atoms with Crippen LogP contribution in [0.15, 0.2) is 182 Å². The van der Waals surface area contributed by atoms with E-state index in [0.717, 1.165) is 65.9 Å². The average Bonchev–Trinajstić information content (AvgIpc) is 4.25. The van der Waals surface area contributed by atoms with Gasteiger partial charge in [-0.3, -0.25) is 4.98 Å². The van der Waals surface area contributed by atoms with Crippen molar-refractivity contribution >= 4 is 43.6 Å². The van der Waals surface area contributed by atoms with Gasteiger partial charge in [0.15, 0.2) is 0 Å². The van der Waals surface area contributed by atoms with E-state index in [9.17, 15) is 47.4 Å². The fourth-order valence-corrected chi connectivity index (χ4v) is 10.8. The smallest absolute Gasteiger partial charge is 0.0992 e. The van der Waals surface area contributed by atoms with E-state index in [2.05, 4.69) is 63.8 Å². The standard InChI is InChI=1S/C68H30N12/c69-29-40-2-1-3-53(16-40)68-66(79-62-25-49(54-17-41(30-70)12-42(18-54)31-71)4-8-58(62)59-9-5-50(26-63(59)79)55-19-43(32-72)13-44(20-55)33-73)38-78-39-67(68)80-64-27-51(56-21-45(34-74)14-46(22-56)35-75)6-10-60(64)61-11-7-52(28-65(61)80)57-23-47(36-76)15-48(24-57)37-77/h1-28,38-39H. The third-order valence-corrected chi connectivity index (χ3v) is 14.3. The van der Waals surface area contributed by atoms with Crippen molar-refractivity contribution in [2.75, 3.05) is 0 Å². The number of benzene rings is 9. The van der Waals surface area contributed by atoms with Crippen molar-refractivity contribution in [1.82, 2.24) is 14.1 Å². The molecule has 3 heterocycles. The minimum atomic E-state index is 0.321. The molecule has 0 saturated carbocycles. The highest BCUT2D eigenvalue weighted by Gasteiger charge is 2.25. The number of hydrogen-bond acceptors (Lipinski definition) is 10. The Hall–Kier alpha value is -12.9. The molecule has 0 saturated heterocycles. The van der Waals surface area contributed by atoms with Crippen LogP contribution in [-0.4, -0.2) is 14.1 Å². The summed E-state index contributed by atoms with van der Waals surface area (Å²) < 4.78 is 4.19. The van der Waals surface area contributed by atoms with Crippen molar-refractivity contribution in [3.05, 3.63) is 232 Å². The van der Waals surface area contributed by atoms with Gasteiger partial charge in [0, 0.05) is 27.1 Å². The summed E-state index contributed by atoms with van der Waals surface area (Å²) in [7, 11) is 0. The molecule has 0 spiro atoms. The summed E-state index contributed by atoms with van der Waals surface area (Å²) in [5, 5.41) is 94.2. The molecule has 12 rings (SSSR count). The lowest BCUT2D eigenvalue weighted by molar-refractivity contribution is 1.09. The number of rotatable bonds is 7. The van der Waals surface area contributed by atoms with E-state index in [-0.39, 0.29) is 0 Å². The van der Waals surface area contributed by atoms with Crippen LogP contribution in [-0.2, 0) is 0 Å². The molecule has 9 aromatic carbocycles. The first kappa shape index (κ1) is 48.1. The molecule has 0 N–H and O–H groups in total. The van der Waals surface area contributed by atoms with Gasteiger partial charge < -0.3 is 9.13 Å². The zero-order valence-corrected chi connectivity index (χ0v) is 41.7. The quantitative estimate of drug-likeness (QED) is 0.146. The van der Waals surface area contributed by atoms with Crippen molar-refractivity contribution in [3.8, 4) is 122 Å². The van der Waals surface area contributed by atoms with Crippen LogP contribution in [0.2, 0.25) is 0 Å². The fourth-order valence-electron chi connectivity index (χ4n) is 10.8. The van der Waals surface area contributed by atoms with Gasteiger partial charge in [-0.1, -0.05) is 60.7 Å². The Morgan fingerprint density at radius 3 is 0.775 bits per heavy atom. The van der Waals surface area contributed by atoms with Crippen LogP contribution in [0.25, 0.3) is 111 Å². The zero-order chi connectivity index (χ0) is 55.2. The van der Waals surface area contributed by atoms with Gasteiger partial charge in [0.25, 0.3) is 0 Å². The van der Waals surface area contributed by atoms with Crippen LogP contribution in [0.3, 0.4) is 0 Å². The third kappa shape index (κ3) is 8.17. The lowest BCUT2D eigenvalue weighted by atomic mass is 9.98. The van der Waals surface area contributed by atoms with E-state index in [1.54, 1.807) is 91.3 Å². The molecule has 0 bridgehead atoms. The highest BCUT2D eigenvalue weighted by Crippen LogP contribution is 2.45. The number of aromatic nitrogens is 3. The number of hydrogen-bond donors (Lipinski definition) is 0. The molecule has 12 aromatic rings. The van der Waals surface area contributed by atoms with Crippen molar-refractivity contribution in [2.24, 2.45) is 0 Å². The van der Waals surface area contributed by atoms with Crippen LogP contribution in [0.4, 0.5) is 0 Å². The summed E-state index contributed by atoms with van der Waals surface area (Å²) in [4.78, 5) is 5.06. The van der Waals surface area contributed by atoms with E-state index in [1.807, 2.05) is 91.0 Å². The van der Waals surface area contributed by atoms with Gasteiger partial charge in [-0.05, 0) is 159 Å². The van der Waals surface area contributed by atoms with Gasteiger partial charge >= 0.3 is 0 Å². The van der Waals surface area contributed by atoms with Gasteiger partial charge in [0.2, 0.25) is 0 Å². The van der Waals surface area contributed by atoms with Crippen molar-refractivity contribution < 1.29 is 0 Å². The van der Waals surface area contributed by atoms with Crippen molar-refractivity contribution in [1.29, 1.82) is 47.4 Å². The van der Waals surface area contributed by atoms with Crippen LogP contribution in [0.1, 0.15) is 50.1 Å². The lowest BCUT2D eigenvalue weighted by Gasteiger charge is -2.20.